The Morgan fingerprint density at radius 1 is 1.07 bits per heavy atom. The van der Waals surface area contributed by atoms with E-state index in [9.17, 15) is 9.59 Å². The summed E-state index contributed by atoms with van der Waals surface area (Å²) in [5.74, 6) is 0.337. The van der Waals surface area contributed by atoms with Gasteiger partial charge in [-0.15, -0.1) is 0 Å². The van der Waals surface area contributed by atoms with Gasteiger partial charge in [0.25, 0.3) is 5.91 Å². The first-order valence-corrected chi connectivity index (χ1v) is 10.4. The monoisotopic (exact) mass is 408 g/mol. The normalized spacial score (nSPS) is 22.1. The number of amides is 1. The average Bonchev–Trinajstić information content (AvgIpc) is 2.99. The Hall–Kier alpha value is -2.86. The molecule has 6 heteroatoms. The molecule has 0 saturated carbocycles. The quantitative estimate of drug-likeness (QED) is 0.728. The summed E-state index contributed by atoms with van der Waals surface area (Å²) in [7, 11) is 1.66. The van der Waals surface area contributed by atoms with Crippen molar-refractivity contribution < 1.29 is 19.1 Å². The number of cyclic esters (lactones) is 1. The number of carbonyl (C=O) groups excluding carboxylic acids is 2. The molecule has 0 aliphatic carbocycles. The van der Waals surface area contributed by atoms with Gasteiger partial charge in [0, 0.05) is 39.1 Å². The zero-order valence-electron chi connectivity index (χ0n) is 17.6. The third kappa shape index (κ3) is 4.19. The SMILES string of the molecule is COc1ccc(CN2CCCN(C(=O)C3(C)Cc4ccccc4C(=O)O3)CC2)cc1. The van der Waals surface area contributed by atoms with Crippen molar-refractivity contribution in [1.29, 1.82) is 0 Å². The lowest BCUT2D eigenvalue weighted by molar-refractivity contribution is -0.151. The number of hydrogen-bond acceptors (Lipinski definition) is 5. The number of rotatable bonds is 4. The smallest absolute Gasteiger partial charge is 0.339 e. The highest BCUT2D eigenvalue weighted by Crippen LogP contribution is 2.30. The molecule has 1 amide bonds. The van der Waals surface area contributed by atoms with E-state index in [0.717, 1.165) is 37.4 Å². The molecule has 1 unspecified atom stereocenters. The summed E-state index contributed by atoms with van der Waals surface area (Å²) in [6.07, 6.45) is 1.31. The minimum Gasteiger partial charge on any atom is -0.497 e. The number of nitrogens with zero attached hydrogens (tertiary/aromatic N) is 2. The van der Waals surface area contributed by atoms with Crippen molar-refractivity contribution in [3.05, 3.63) is 65.2 Å². The van der Waals surface area contributed by atoms with Gasteiger partial charge in [0.15, 0.2) is 5.60 Å². The third-order valence-corrected chi connectivity index (χ3v) is 5.98. The van der Waals surface area contributed by atoms with Crippen molar-refractivity contribution in [1.82, 2.24) is 9.80 Å². The molecule has 2 aliphatic rings. The lowest BCUT2D eigenvalue weighted by Crippen LogP contribution is -2.53. The van der Waals surface area contributed by atoms with Crippen molar-refractivity contribution >= 4 is 11.9 Å². The zero-order valence-corrected chi connectivity index (χ0v) is 17.6. The fraction of sp³-hybridized carbons (Fsp3) is 0.417. The Labute approximate surface area is 177 Å². The Balaban J connectivity index is 1.40. The van der Waals surface area contributed by atoms with Crippen LogP contribution in [-0.2, 0) is 22.5 Å². The Kier molecular flexibility index (Phi) is 5.77. The van der Waals surface area contributed by atoms with E-state index in [1.54, 1.807) is 20.1 Å². The molecule has 4 rings (SSSR count). The molecular weight excluding hydrogens is 380 g/mol. The van der Waals surface area contributed by atoms with Crippen molar-refractivity contribution in [3.8, 4) is 5.75 Å². The molecule has 6 nitrogen and oxygen atoms in total. The lowest BCUT2D eigenvalue weighted by atomic mass is 9.89. The molecule has 158 valence electrons. The van der Waals surface area contributed by atoms with E-state index < -0.39 is 11.6 Å². The van der Waals surface area contributed by atoms with Gasteiger partial charge in [0.2, 0.25) is 0 Å². The fourth-order valence-electron chi connectivity index (χ4n) is 4.31. The van der Waals surface area contributed by atoms with E-state index in [1.165, 1.54) is 5.56 Å². The highest BCUT2D eigenvalue weighted by Gasteiger charge is 2.44. The second-order valence-corrected chi connectivity index (χ2v) is 8.22. The van der Waals surface area contributed by atoms with Crippen molar-refractivity contribution in [3.63, 3.8) is 0 Å². The summed E-state index contributed by atoms with van der Waals surface area (Å²) >= 11 is 0. The van der Waals surface area contributed by atoms with Crippen LogP contribution < -0.4 is 4.74 Å². The minimum absolute atomic E-state index is 0.100. The van der Waals surface area contributed by atoms with Gasteiger partial charge in [-0.2, -0.15) is 0 Å². The molecule has 0 spiro atoms. The fourth-order valence-corrected chi connectivity index (χ4v) is 4.31. The maximum Gasteiger partial charge on any atom is 0.339 e. The number of carbonyl (C=O) groups is 2. The number of hydrogen-bond donors (Lipinski definition) is 0. The Bertz CT molecular complexity index is 927. The van der Waals surface area contributed by atoms with Crippen LogP contribution in [0.25, 0.3) is 0 Å². The van der Waals surface area contributed by atoms with Crippen molar-refractivity contribution in [2.75, 3.05) is 33.3 Å². The van der Waals surface area contributed by atoms with Gasteiger partial charge < -0.3 is 14.4 Å². The molecular formula is C24H28N2O4. The molecule has 2 aromatic carbocycles. The van der Waals surface area contributed by atoms with Crippen LogP contribution in [0.3, 0.4) is 0 Å². The molecule has 0 aromatic heterocycles. The second kappa shape index (κ2) is 8.48. The molecule has 0 N–H and O–H groups in total. The van der Waals surface area contributed by atoms with E-state index in [-0.39, 0.29) is 5.91 Å². The van der Waals surface area contributed by atoms with Crippen LogP contribution in [0, 0.1) is 0 Å². The first-order chi connectivity index (χ1) is 14.5. The van der Waals surface area contributed by atoms with Crippen molar-refractivity contribution in [2.24, 2.45) is 0 Å². The molecule has 0 radical (unpaired) electrons. The maximum absolute atomic E-state index is 13.3. The summed E-state index contributed by atoms with van der Waals surface area (Å²) in [5, 5.41) is 0. The first-order valence-electron chi connectivity index (χ1n) is 10.4. The van der Waals surface area contributed by atoms with Gasteiger partial charge >= 0.3 is 5.97 Å². The summed E-state index contributed by atoms with van der Waals surface area (Å²) in [6, 6.07) is 15.5. The number of ether oxygens (including phenoxy) is 2. The third-order valence-electron chi connectivity index (χ3n) is 5.98. The predicted octanol–water partition coefficient (Wildman–Crippen LogP) is 2.90. The van der Waals surface area contributed by atoms with E-state index in [0.29, 0.717) is 25.1 Å². The van der Waals surface area contributed by atoms with Crippen LogP contribution in [0.15, 0.2) is 48.5 Å². The summed E-state index contributed by atoms with van der Waals surface area (Å²) < 4.78 is 10.9. The van der Waals surface area contributed by atoms with Gasteiger partial charge in [0.1, 0.15) is 5.75 Å². The molecule has 2 aromatic rings. The molecule has 1 fully saturated rings. The Morgan fingerprint density at radius 3 is 2.60 bits per heavy atom. The molecule has 2 aliphatic heterocycles. The molecule has 0 bridgehead atoms. The molecule has 1 atom stereocenters. The Morgan fingerprint density at radius 2 is 1.83 bits per heavy atom. The van der Waals surface area contributed by atoms with E-state index in [2.05, 4.69) is 17.0 Å². The maximum atomic E-state index is 13.3. The van der Waals surface area contributed by atoms with E-state index >= 15 is 0 Å². The van der Waals surface area contributed by atoms with Crippen LogP contribution in [0.1, 0.15) is 34.8 Å². The van der Waals surface area contributed by atoms with Crippen LogP contribution >= 0.6 is 0 Å². The second-order valence-electron chi connectivity index (χ2n) is 8.22. The molecule has 2 heterocycles. The number of benzene rings is 2. The summed E-state index contributed by atoms with van der Waals surface area (Å²) in [4.78, 5) is 30.0. The lowest BCUT2D eigenvalue weighted by Gasteiger charge is -2.37. The molecule has 1 saturated heterocycles. The number of fused-ring (bicyclic) bond motifs is 1. The van der Waals surface area contributed by atoms with Crippen LogP contribution in [-0.4, -0.2) is 60.6 Å². The highest BCUT2D eigenvalue weighted by molar-refractivity contribution is 5.97. The van der Waals surface area contributed by atoms with E-state index in [1.807, 2.05) is 35.2 Å². The number of methoxy groups -OCH3 is 1. The standard InChI is InChI=1S/C24H28N2O4/c1-24(16-19-6-3-4-7-21(19)22(27)30-24)23(28)26-13-5-12-25(14-15-26)17-18-8-10-20(29-2)11-9-18/h3-4,6-11H,5,12-17H2,1-2H3. The van der Waals surface area contributed by atoms with Crippen LogP contribution in [0.4, 0.5) is 0 Å². The minimum atomic E-state index is -1.14. The van der Waals surface area contributed by atoms with E-state index in [4.69, 9.17) is 9.47 Å². The van der Waals surface area contributed by atoms with Crippen molar-refractivity contribution in [2.45, 2.75) is 31.9 Å². The number of esters is 1. The average molecular weight is 408 g/mol. The van der Waals surface area contributed by atoms with Gasteiger partial charge in [0.05, 0.1) is 12.7 Å². The highest BCUT2D eigenvalue weighted by atomic mass is 16.6. The first kappa shape index (κ1) is 20.4. The van der Waals surface area contributed by atoms with Crippen LogP contribution in [0.5, 0.6) is 5.75 Å². The summed E-state index contributed by atoms with van der Waals surface area (Å²) in [5.41, 5.74) is 1.52. The topological polar surface area (TPSA) is 59.1 Å². The van der Waals surface area contributed by atoms with Gasteiger partial charge in [-0.25, -0.2) is 4.79 Å². The van der Waals surface area contributed by atoms with Gasteiger partial charge in [-0.05, 0) is 42.7 Å². The molecule has 30 heavy (non-hydrogen) atoms. The van der Waals surface area contributed by atoms with Gasteiger partial charge in [-0.3, -0.25) is 9.69 Å². The summed E-state index contributed by atoms with van der Waals surface area (Å²) in [6.45, 7) is 5.60. The zero-order chi connectivity index (χ0) is 21.1. The largest absolute Gasteiger partial charge is 0.497 e. The van der Waals surface area contributed by atoms with Gasteiger partial charge in [-0.1, -0.05) is 30.3 Å². The van der Waals surface area contributed by atoms with Crippen LogP contribution in [0.2, 0.25) is 0 Å². The predicted molar refractivity (Wildman–Crippen MR) is 113 cm³/mol.